The van der Waals surface area contributed by atoms with Crippen molar-refractivity contribution in [3.63, 3.8) is 0 Å². The summed E-state index contributed by atoms with van der Waals surface area (Å²) in [5, 5.41) is 0. The van der Waals surface area contributed by atoms with Gasteiger partial charge in [0.2, 0.25) is 0 Å². The zero-order chi connectivity index (χ0) is 17.5. The number of fused-ring (bicyclic) bond motifs is 1. The maximum absolute atomic E-state index is 11.8. The Bertz CT molecular complexity index is 290. The van der Waals surface area contributed by atoms with Crippen LogP contribution in [0.5, 0.6) is 0 Å². The average Bonchev–Trinajstić information content (AvgIpc) is 3.36. The SMILES string of the molecule is CCCCCCCC.O=C1CCCCCCCCCCCC2CC12. The molecule has 0 heterocycles. The first-order valence-corrected chi connectivity index (χ1v) is 11.3. The number of hydrogen-bond donors (Lipinski definition) is 0. The molecule has 0 aromatic carbocycles. The van der Waals surface area contributed by atoms with Gasteiger partial charge in [0, 0.05) is 12.3 Å². The van der Waals surface area contributed by atoms with Crippen LogP contribution >= 0.6 is 0 Å². The Labute approximate surface area is 152 Å². The van der Waals surface area contributed by atoms with Crippen LogP contribution in [0.2, 0.25) is 0 Å². The molecule has 0 amide bonds. The van der Waals surface area contributed by atoms with Crippen LogP contribution in [-0.4, -0.2) is 5.78 Å². The number of carbonyl (C=O) groups excluding carboxylic acids is 1. The van der Waals surface area contributed by atoms with Crippen LogP contribution in [0.4, 0.5) is 0 Å². The first-order chi connectivity index (χ1) is 11.8. The van der Waals surface area contributed by atoms with E-state index in [0.29, 0.717) is 11.7 Å². The smallest absolute Gasteiger partial charge is 0.136 e. The van der Waals surface area contributed by atoms with Crippen LogP contribution in [0, 0.1) is 11.8 Å². The van der Waals surface area contributed by atoms with Gasteiger partial charge in [0.05, 0.1) is 0 Å². The number of hydrogen-bond acceptors (Lipinski definition) is 1. The van der Waals surface area contributed by atoms with Crippen molar-refractivity contribution in [1.82, 2.24) is 0 Å². The highest BCUT2D eigenvalue weighted by Crippen LogP contribution is 2.44. The zero-order valence-corrected chi connectivity index (χ0v) is 16.8. The minimum Gasteiger partial charge on any atom is -0.299 e. The molecule has 0 spiro atoms. The first-order valence-electron chi connectivity index (χ1n) is 11.3. The van der Waals surface area contributed by atoms with Crippen molar-refractivity contribution in [3.8, 4) is 0 Å². The Hall–Kier alpha value is -0.330. The monoisotopic (exact) mass is 336 g/mol. The zero-order valence-electron chi connectivity index (χ0n) is 16.8. The van der Waals surface area contributed by atoms with Crippen molar-refractivity contribution in [3.05, 3.63) is 0 Å². The molecule has 0 aliphatic heterocycles. The molecule has 0 aromatic rings. The summed E-state index contributed by atoms with van der Waals surface area (Å²) >= 11 is 0. The van der Waals surface area contributed by atoms with E-state index in [1.807, 2.05) is 0 Å². The highest BCUT2D eigenvalue weighted by Gasteiger charge is 2.40. The first kappa shape index (κ1) is 21.7. The van der Waals surface area contributed by atoms with Crippen LogP contribution in [0.3, 0.4) is 0 Å². The highest BCUT2D eigenvalue weighted by molar-refractivity contribution is 5.83. The summed E-state index contributed by atoms with van der Waals surface area (Å²) in [5.74, 6) is 1.86. The average molecular weight is 337 g/mol. The molecule has 24 heavy (non-hydrogen) atoms. The molecule has 2 aliphatic rings. The molecule has 2 aliphatic carbocycles. The predicted molar refractivity (Wildman–Crippen MR) is 106 cm³/mol. The lowest BCUT2D eigenvalue weighted by Gasteiger charge is -2.05. The number of carbonyl (C=O) groups is 1. The van der Waals surface area contributed by atoms with E-state index in [1.165, 1.54) is 103 Å². The molecule has 2 atom stereocenters. The van der Waals surface area contributed by atoms with Gasteiger partial charge >= 0.3 is 0 Å². The molecular formula is C23H44O. The summed E-state index contributed by atoms with van der Waals surface area (Å²) in [4.78, 5) is 11.8. The third kappa shape index (κ3) is 11.3. The Balaban J connectivity index is 0.000000307. The Morgan fingerprint density at radius 2 is 1.21 bits per heavy atom. The summed E-state index contributed by atoms with van der Waals surface area (Å²) in [6.45, 7) is 4.51. The van der Waals surface area contributed by atoms with E-state index in [-0.39, 0.29) is 0 Å². The minimum absolute atomic E-state index is 0.489. The van der Waals surface area contributed by atoms with Crippen molar-refractivity contribution < 1.29 is 4.79 Å². The third-order valence-electron chi connectivity index (χ3n) is 5.79. The molecule has 0 radical (unpaired) electrons. The second-order valence-electron chi connectivity index (χ2n) is 8.20. The molecule has 2 unspecified atom stereocenters. The van der Waals surface area contributed by atoms with Gasteiger partial charge in [0.15, 0.2) is 0 Å². The Morgan fingerprint density at radius 1 is 0.708 bits per heavy atom. The largest absolute Gasteiger partial charge is 0.299 e. The molecule has 1 heteroatoms. The third-order valence-corrected chi connectivity index (χ3v) is 5.79. The molecule has 2 rings (SSSR count). The molecule has 2 saturated carbocycles. The second kappa shape index (κ2) is 15.0. The van der Waals surface area contributed by atoms with Crippen LogP contribution in [0.15, 0.2) is 0 Å². The van der Waals surface area contributed by atoms with E-state index >= 15 is 0 Å². The van der Waals surface area contributed by atoms with Gasteiger partial charge in [0.1, 0.15) is 5.78 Å². The lowest BCUT2D eigenvalue weighted by Crippen LogP contribution is -2.02. The van der Waals surface area contributed by atoms with Gasteiger partial charge in [-0.15, -0.1) is 0 Å². The summed E-state index contributed by atoms with van der Waals surface area (Å²) < 4.78 is 0. The fourth-order valence-corrected chi connectivity index (χ4v) is 3.94. The van der Waals surface area contributed by atoms with Crippen LogP contribution in [0.25, 0.3) is 0 Å². The Morgan fingerprint density at radius 3 is 1.75 bits per heavy atom. The summed E-state index contributed by atoms with van der Waals surface area (Å²) in [7, 11) is 0. The maximum Gasteiger partial charge on any atom is 0.136 e. The van der Waals surface area contributed by atoms with Gasteiger partial charge in [-0.3, -0.25) is 4.79 Å². The normalized spacial score (nSPS) is 25.8. The van der Waals surface area contributed by atoms with Crippen LogP contribution in [-0.2, 0) is 4.79 Å². The summed E-state index contributed by atoms with van der Waals surface area (Å²) in [6, 6.07) is 0. The molecule has 142 valence electrons. The van der Waals surface area contributed by atoms with Gasteiger partial charge in [-0.25, -0.2) is 0 Å². The lowest BCUT2D eigenvalue weighted by atomic mass is 10.0. The standard InChI is InChI=1S/C15H26O.C8H18/c16-15-11-9-7-5-3-1-2-4-6-8-10-13-12-14(13)15;1-3-5-7-8-6-4-2/h13-14H,1-12H2;3-8H2,1-2H3. The molecule has 1 nitrogen and oxygen atoms in total. The quantitative estimate of drug-likeness (QED) is 0.467. The summed E-state index contributed by atoms with van der Waals surface area (Å²) in [6.07, 6.45) is 24.1. The van der Waals surface area contributed by atoms with Crippen molar-refractivity contribution in [2.75, 3.05) is 0 Å². The number of unbranched alkanes of at least 4 members (excludes halogenated alkanes) is 5. The van der Waals surface area contributed by atoms with E-state index in [9.17, 15) is 4.79 Å². The molecular weight excluding hydrogens is 292 g/mol. The highest BCUT2D eigenvalue weighted by atomic mass is 16.1. The molecule has 0 aromatic heterocycles. The van der Waals surface area contributed by atoms with Gasteiger partial charge < -0.3 is 0 Å². The molecule has 0 bridgehead atoms. The van der Waals surface area contributed by atoms with Crippen LogP contribution in [0.1, 0.15) is 129 Å². The topological polar surface area (TPSA) is 17.1 Å². The predicted octanol–water partition coefficient (Wildman–Crippen LogP) is 7.86. The van der Waals surface area contributed by atoms with E-state index < -0.39 is 0 Å². The van der Waals surface area contributed by atoms with Crippen LogP contribution < -0.4 is 0 Å². The lowest BCUT2D eigenvalue weighted by molar-refractivity contribution is -0.120. The van der Waals surface area contributed by atoms with E-state index in [1.54, 1.807) is 0 Å². The summed E-state index contributed by atoms with van der Waals surface area (Å²) in [5.41, 5.74) is 0. The van der Waals surface area contributed by atoms with Crippen molar-refractivity contribution >= 4 is 5.78 Å². The van der Waals surface area contributed by atoms with Gasteiger partial charge in [-0.2, -0.15) is 0 Å². The van der Waals surface area contributed by atoms with E-state index in [4.69, 9.17) is 0 Å². The van der Waals surface area contributed by atoms with Gasteiger partial charge in [-0.05, 0) is 25.2 Å². The number of ketones is 1. The van der Waals surface area contributed by atoms with E-state index in [2.05, 4.69) is 13.8 Å². The van der Waals surface area contributed by atoms with Crippen molar-refractivity contribution in [1.29, 1.82) is 0 Å². The van der Waals surface area contributed by atoms with Gasteiger partial charge in [0.25, 0.3) is 0 Å². The number of rotatable bonds is 5. The molecule has 0 saturated heterocycles. The Kier molecular flexibility index (Phi) is 13.5. The van der Waals surface area contributed by atoms with E-state index in [0.717, 1.165) is 18.8 Å². The number of Topliss-reactive ketones (excluding diaryl/α,β-unsaturated/α-hetero) is 1. The molecule has 0 N–H and O–H groups in total. The van der Waals surface area contributed by atoms with Crippen molar-refractivity contribution in [2.24, 2.45) is 11.8 Å². The van der Waals surface area contributed by atoms with Crippen molar-refractivity contribution in [2.45, 2.75) is 129 Å². The fraction of sp³-hybridized carbons (Fsp3) is 0.957. The second-order valence-corrected chi connectivity index (χ2v) is 8.20. The molecule has 2 fully saturated rings. The maximum atomic E-state index is 11.8. The fourth-order valence-electron chi connectivity index (χ4n) is 3.94. The minimum atomic E-state index is 0.489. The van der Waals surface area contributed by atoms with Gasteiger partial charge in [-0.1, -0.05) is 104 Å².